The lowest BCUT2D eigenvalue weighted by Crippen LogP contribution is -1.56. The molecule has 13 heavy (non-hydrogen) atoms. The van der Waals surface area contributed by atoms with Crippen molar-refractivity contribution < 1.29 is 0 Å². The minimum atomic E-state index is 1.44. The Morgan fingerprint density at radius 1 is 0.769 bits per heavy atom. The first-order valence-corrected chi connectivity index (χ1v) is 6.69. The van der Waals surface area contributed by atoms with E-state index in [1.807, 2.05) is 34.0 Å². The summed E-state index contributed by atoms with van der Waals surface area (Å²) in [7, 11) is 0. The average Bonchev–Trinajstić information content (AvgIpc) is 2.70. The van der Waals surface area contributed by atoms with Crippen molar-refractivity contribution in [2.75, 3.05) is 0 Å². The van der Waals surface area contributed by atoms with Gasteiger partial charge in [-0.2, -0.15) is 0 Å². The van der Waals surface area contributed by atoms with Crippen LogP contribution in [0.4, 0.5) is 0 Å². The highest BCUT2D eigenvalue weighted by Crippen LogP contribution is 2.43. The molecule has 0 aliphatic rings. The van der Waals surface area contributed by atoms with Gasteiger partial charge in [0, 0.05) is 0 Å². The Hall–Kier alpha value is -0.380. The Bertz CT molecular complexity index is 529. The number of hydrogen-bond acceptors (Lipinski definition) is 3. The normalized spacial score (nSPS) is 11.8. The third kappa shape index (κ3) is 0.951. The van der Waals surface area contributed by atoms with Crippen LogP contribution >= 0.6 is 34.0 Å². The molecular weight excluding hydrogens is 216 g/mol. The molecule has 0 spiro atoms. The van der Waals surface area contributed by atoms with E-state index in [1.165, 1.54) is 29.9 Å². The molecule has 0 nitrogen and oxygen atoms in total. The third-order valence-electron chi connectivity index (χ3n) is 2.25. The molecule has 0 fully saturated rings. The van der Waals surface area contributed by atoms with Gasteiger partial charge in [0.05, 0.1) is 18.8 Å². The van der Waals surface area contributed by atoms with Crippen LogP contribution in [0.25, 0.3) is 18.8 Å². The molecule has 3 heteroatoms. The third-order valence-corrected chi connectivity index (χ3v) is 6.33. The molecule has 0 aromatic carbocycles. The summed E-state index contributed by atoms with van der Waals surface area (Å²) < 4.78 is 5.98. The van der Waals surface area contributed by atoms with E-state index >= 15 is 0 Å². The van der Waals surface area contributed by atoms with Crippen LogP contribution < -0.4 is 0 Å². The second kappa shape index (κ2) is 2.56. The summed E-state index contributed by atoms with van der Waals surface area (Å²) in [6.07, 6.45) is 0. The first kappa shape index (κ1) is 7.97. The van der Waals surface area contributed by atoms with Crippen LogP contribution in [0, 0.1) is 13.8 Å². The van der Waals surface area contributed by atoms with Gasteiger partial charge in [-0.05, 0) is 35.7 Å². The summed E-state index contributed by atoms with van der Waals surface area (Å²) in [5.41, 5.74) is 2.88. The molecule has 0 amide bonds. The molecule has 0 saturated heterocycles. The van der Waals surface area contributed by atoms with E-state index in [2.05, 4.69) is 24.6 Å². The molecule has 0 N–H and O–H groups in total. The maximum absolute atomic E-state index is 2.26. The van der Waals surface area contributed by atoms with Gasteiger partial charge in [-0.25, -0.2) is 0 Å². The summed E-state index contributed by atoms with van der Waals surface area (Å²) in [6, 6.07) is 0. The van der Waals surface area contributed by atoms with Crippen LogP contribution in [0.5, 0.6) is 0 Å². The van der Waals surface area contributed by atoms with Gasteiger partial charge >= 0.3 is 0 Å². The quantitative estimate of drug-likeness (QED) is 0.515. The Labute approximate surface area is 88.4 Å². The van der Waals surface area contributed by atoms with Crippen molar-refractivity contribution in [1.29, 1.82) is 0 Å². The highest BCUT2D eigenvalue weighted by Gasteiger charge is 2.11. The van der Waals surface area contributed by atoms with E-state index in [0.717, 1.165) is 0 Å². The van der Waals surface area contributed by atoms with Crippen LogP contribution in [0.15, 0.2) is 10.8 Å². The molecule has 0 atom stereocenters. The summed E-state index contributed by atoms with van der Waals surface area (Å²) in [5.74, 6) is 0. The fourth-order valence-corrected chi connectivity index (χ4v) is 5.45. The first-order chi connectivity index (χ1) is 6.27. The van der Waals surface area contributed by atoms with Gasteiger partial charge in [0.2, 0.25) is 0 Å². The monoisotopic (exact) mass is 224 g/mol. The summed E-state index contributed by atoms with van der Waals surface area (Å²) in [6.45, 7) is 4.41. The molecule has 3 heterocycles. The van der Waals surface area contributed by atoms with Gasteiger partial charge in [-0.15, -0.1) is 34.0 Å². The van der Waals surface area contributed by atoms with Crippen LogP contribution in [-0.2, 0) is 0 Å². The maximum Gasteiger partial charge on any atom is 0.0632 e. The van der Waals surface area contributed by atoms with Gasteiger partial charge in [0.15, 0.2) is 0 Å². The second-order valence-electron chi connectivity index (χ2n) is 3.26. The summed E-state index contributed by atoms with van der Waals surface area (Å²) in [5, 5.41) is 4.52. The summed E-state index contributed by atoms with van der Waals surface area (Å²) in [4.78, 5) is 0. The van der Waals surface area contributed by atoms with Gasteiger partial charge in [0.25, 0.3) is 0 Å². The standard InChI is InChI=1S/C10H8S3/c1-5-3-11-9-7(5)13-8-6(2)4-12-10(8)9/h3-4H,1-2H3. The second-order valence-corrected chi connectivity index (χ2v) is 6.04. The topological polar surface area (TPSA) is 0 Å². The molecule has 66 valence electrons. The van der Waals surface area contributed by atoms with E-state index in [-0.39, 0.29) is 0 Å². The average molecular weight is 224 g/mol. The van der Waals surface area contributed by atoms with Gasteiger partial charge in [-0.3, -0.25) is 0 Å². The largest absolute Gasteiger partial charge is 0.141 e. The van der Waals surface area contributed by atoms with E-state index in [4.69, 9.17) is 0 Å². The van der Waals surface area contributed by atoms with Crippen molar-refractivity contribution in [2.24, 2.45) is 0 Å². The zero-order valence-electron chi connectivity index (χ0n) is 7.38. The molecule has 3 aromatic heterocycles. The van der Waals surface area contributed by atoms with Crippen LogP contribution in [0.1, 0.15) is 11.1 Å². The van der Waals surface area contributed by atoms with Crippen LogP contribution in [-0.4, -0.2) is 0 Å². The molecule has 0 unspecified atom stereocenters. The molecular formula is C10H8S3. The van der Waals surface area contributed by atoms with Gasteiger partial charge in [-0.1, -0.05) is 0 Å². The predicted octanol–water partition coefficient (Wildman–Crippen LogP) is 4.79. The van der Waals surface area contributed by atoms with Crippen LogP contribution in [0.2, 0.25) is 0 Å². The Kier molecular flexibility index (Phi) is 1.57. The minimum absolute atomic E-state index is 1.44. The number of rotatable bonds is 0. The zero-order chi connectivity index (χ0) is 9.00. The molecule has 0 aliphatic carbocycles. The number of hydrogen-bond donors (Lipinski definition) is 0. The Morgan fingerprint density at radius 3 is 1.69 bits per heavy atom. The van der Waals surface area contributed by atoms with E-state index in [0.29, 0.717) is 0 Å². The zero-order valence-corrected chi connectivity index (χ0v) is 9.83. The predicted molar refractivity (Wildman–Crippen MR) is 64.6 cm³/mol. The minimum Gasteiger partial charge on any atom is -0.141 e. The van der Waals surface area contributed by atoms with Crippen LogP contribution in [0.3, 0.4) is 0 Å². The van der Waals surface area contributed by atoms with Gasteiger partial charge < -0.3 is 0 Å². The van der Waals surface area contributed by atoms with Crippen molar-refractivity contribution in [3.63, 3.8) is 0 Å². The highest BCUT2D eigenvalue weighted by atomic mass is 32.1. The fourth-order valence-electron chi connectivity index (χ4n) is 1.54. The molecule has 0 saturated carbocycles. The van der Waals surface area contributed by atoms with E-state index in [9.17, 15) is 0 Å². The molecule has 3 rings (SSSR count). The van der Waals surface area contributed by atoms with Gasteiger partial charge in [0.1, 0.15) is 0 Å². The van der Waals surface area contributed by atoms with Crippen molar-refractivity contribution in [3.8, 4) is 0 Å². The maximum atomic E-state index is 2.26. The van der Waals surface area contributed by atoms with E-state index < -0.39 is 0 Å². The molecule has 3 aromatic rings. The molecule has 0 radical (unpaired) electrons. The lowest BCUT2D eigenvalue weighted by molar-refractivity contribution is 1.62. The van der Waals surface area contributed by atoms with Crippen molar-refractivity contribution in [2.45, 2.75) is 13.8 Å². The smallest absolute Gasteiger partial charge is 0.0632 e. The number of thiophene rings is 3. The SMILES string of the molecule is Cc1csc2c1sc1c(C)csc12. The van der Waals surface area contributed by atoms with Crippen molar-refractivity contribution >= 4 is 52.8 Å². The number of aryl methyl sites for hydroxylation is 2. The highest BCUT2D eigenvalue weighted by molar-refractivity contribution is 7.38. The first-order valence-electron chi connectivity index (χ1n) is 4.12. The Balaban J connectivity index is 2.64. The fraction of sp³-hybridized carbons (Fsp3) is 0.200. The molecule has 0 aliphatic heterocycles. The molecule has 0 bridgehead atoms. The lowest BCUT2D eigenvalue weighted by atomic mass is 10.3. The van der Waals surface area contributed by atoms with Crippen molar-refractivity contribution in [3.05, 3.63) is 21.9 Å². The van der Waals surface area contributed by atoms with Crippen molar-refractivity contribution in [1.82, 2.24) is 0 Å². The summed E-state index contributed by atoms with van der Waals surface area (Å²) >= 11 is 5.72. The number of fused-ring (bicyclic) bond motifs is 3. The lowest BCUT2D eigenvalue weighted by Gasteiger charge is -1.80. The Morgan fingerprint density at radius 2 is 1.23 bits per heavy atom. The van der Waals surface area contributed by atoms with E-state index in [1.54, 1.807) is 0 Å².